The van der Waals surface area contributed by atoms with E-state index in [1.165, 1.54) is 48.7 Å². The molecule has 202 valence electrons. The fourth-order valence-electron chi connectivity index (χ4n) is 4.31. The number of alkyl halides is 6. The maximum Gasteiger partial charge on any atom is 0.417 e. The SMILES string of the molecule is CC(C)(O)Cn1cc(C(NS(=O)(=O)C2CCC2)C(F)(F)F)c2ccc(-c3ccccc3C(F)(F)F)nc21. The van der Waals surface area contributed by atoms with E-state index in [-0.39, 0.29) is 41.7 Å². The monoisotopic (exact) mass is 549 g/mol. The summed E-state index contributed by atoms with van der Waals surface area (Å²) < 4.78 is 112. The highest BCUT2D eigenvalue weighted by atomic mass is 32.2. The number of hydrogen-bond donors (Lipinski definition) is 2. The second kappa shape index (κ2) is 9.28. The summed E-state index contributed by atoms with van der Waals surface area (Å²) in [5.41, 5.74) is -3.39. The van der Waals surface area contributed by atoms with Gasteiger partial charge in [0.2, 0.25) is 10.0 Å². The van der Waals surface area contributed by atoms with E-state index in [0.29, 0.717) is 6.42 Å². The summed E-state index contributed by atoms with van der Waals surface area (Å²) in [5.74, 6) is 0. The van der Waals surface area contributed by atoms with E-state index in [1.807, 2.05) is 0 Å². The number of benzene rings is 1. The molecule has 1 saturated carbocycles. The third-order valence-electron chi connectivity index (χ3n) is 6.23. The van der Waals surface area contributed by atoms with Gasteiger partial charge in [-0.1, -0.05) is 24.6 Å². The van der Waals surface area contributed by atoms with E-state index in [9.17, 15) is 39.9 Å². The highest BCUT2D eigenvalue weighted by molar-refractivity contribution is 7.90. The molecule has 37 heavy (non-hydrogen) atoms. The van der Waals surface area contributed by atoms with Gasteiger partial charge in [0.15, 0.2) is 0 Å². The number of aliphatic hydroxyl groups is 1. The summed E-state index contributed by atoms with van der Waals surface area (Å²) in [7, 11) is -4.30. The Morgan fingerprint density at radius 2 is 1.73 bits per heavy atom. The summed E-state index contributed by atoms with van der Waals surface area (Å²) in [6.07, 6.45) is -7.58. The van der Waals surface area contributed by atoms with Crippen molar-refractivity contribution in [3.8, 4) is 11.3 Å². The third-order valence-corrected chi connectivity index (χ3v) is 8.14. The summed E-state index contributed by atoms with van der Waals surface area (Å²) in [6.45, 7) is 2.56. The van der Waals surface area contributed by atoms with Crippen LogP contribution in [0.2, 0.25) is 0 Å². The van der Waals surface area contributed by atoms with Crippen molar-refractivity contribution in [3.05, 3.63) is 53.7 Å². The lowest BCUT2D eigenvalue weighted by Gasteiger charge is -2.29. The van der Waals surface area contributed by atoms with Gasteiger partial charge in [-0.3, -0.25) is 0 Å². The number of aromatic nitrogens is 2. The van der Waals surface area contributed by atoms with Crippen LogP contribution in [0.25, 0.3) is 22.3 Å². The van der Waals surface area contributed by atoms with E-state index in [2.05, 4.69) is 4.98 Å². The molecule has 0 saturated heterocycles. The molecule has 2 heterocycles. The first-order valence-electron chi connectivity index (χ1n) is 11.4. The molecule has 0 spiro atoms. The van der Waals surface area contributed by atoms with Gasteiger partial charge in [0.1, 0.15) is 11.7 Å². The van der Waals surface area contributed by atoms with Gasteiger partial charge >= 0.3 is 12.4 Å². The Bertz CT molecular complexity index is 1400. The van der Waals surface area contributed by atoms with E-state index in [1.54, 1.807) is 4.72 Å². The number of rotatable bonds is 7. The smallest absolute Gasteiger partial charge is 0.389 e. The van der Waals surface area contributed by atoms with Crippen molar-refractivity contribution in [2.45, 2.75) is 68.9 Å². The molecule has 1 atom stereocenters. The molecule has 2 N–H and O–H groups in total. The molecule has 0 radical (unpaired) electrons. The van der Waals surface area contributed by atoms with Crippen LogP contribution in [0.15, 0.2) is 42.6 Å². The Morgan fingerprint density at radius 3 is 2.27 bits per heavy atom. The molecule has 13 heteroatoms. The first kappa shape index (κ1) is 27.4. The van der Waals surface area contributed by atoms with Crippen LogP contribution < -0.4 is 4.72 Å². The Morgan fingerprint density at radius 1 is 1.08 bits per heavy atom. The lowest BCUT2D eigenvalue weighted by atomic mass is 10.0. The minimum Gasteiger partial charge on any atom is -0.389 e. The van der Waals surface area contributed by atoms with E-state index in [4.69, 9.17) is 0 Å². The molecule has 0 aliphatic heterocycles. The fraction of sp³-hybridized carbons (Fsp3) is 0.458. The molecule has 6 nitrogen and oxygen atoms in total. The summed E-state index contributed by atoms with van der Waals surface area (Å²) in [5, 5.41) is 9.32. The lowest BCUT2D eigenvalue weighted by Crippen LogP contribution is -2.44. The summed E-state index contributed by atoms with van der Waals surface area (Å²) in [4.78, 5) is 4.26. The normalized spacial score (nSPS) is 16.7. The van der Waals surface area contributed by atoms with Gasteiger partial charge in [-0.05, 0) is 44.9 Å². The number of sulfonamides is 1. The van der Waals surface area contributed by atoms with E-state index in [0.717, 1.165) is 12.3 Å². The molecular weight excluding hydrogens is 524 g/mol. The number of halogens is 6. The van der Waals surface area contributed by atoms with Crippen LogP contribution in [0.1, 0.15) is 50.3 Å². The van der Waals surface area contributed by atoms with Crippen LogP contribution in [-0.4, -0.2) is 40.1 Å². The molecular formula is C24H25F6N3O3S. The van der Waals surface area contributed by atoms with Crippen molar-refractivity contribution in [1.82, 2.24) is 14.3 Å². The topological polar surface area (TPSA) is 84.2 Å². The molecule has 1 unspecified atom stereocenters. The summed E-state index contributed by atoms with van der Waals surface area (Å²) >= 11 is 0. The molecule has 3 aromatic rings. The van der Waals surface area contributed by atoms with Crippen molar-refractivity contribution in [2.75, 3.05) is 0 Å². The highest BCUT2D eigenvalue weighted by Crippen LogP contribution is 2.41. The minimum absolute atomic E-state index is 0.101. The number of nitrogens with zero attached hydrogens (tertiary/aromatic N) is 2. The third kappa shape index (κ3) is 5.78. The van der Waals surface area contributed by atoms with Crippen LogP contribution in [0.4, 0.5) is 26.3 Å². The Labute approximate surface area is 209 Å². The van der Waals surface area contributed by atoms with Crippen LogP contribution in [0.5, 0.6) is 0 Å². The first-order chi connectivity index (χ1) is 17.0. The molecule has 1 aromatic carbocycles. The van der Waals surface area contributed by atoms with E-state index < -0.39 is 50.4 Å². The maximum absolute atomic E-state index is 14.2. The van der Waals surface area contributed by atoms with Gasteiger partial charge in [0.05, 0.1) is 28.7 Å². The molecule has 1 aliphatic rings. The van der Waals surface area contributed by atoms with Crippen molar-refractivity contribution in [1.29, 1.82) is 0 Å². The Kier molecular flexibility index (Phi) is 6.87. The Hall–Kier alpha value is -2.64. The van der Waals surface area contributed by atoms with Gasteiger partial charge < -0.3 is 9.67 Å². The maximum atomic E-state index is 14.2. The number of fused-ring (bicyclic) bond motifs is 1. The highest BCUT2D eigenvalue weighted by Gasteiger charge is 2.47. The minimum atomic E-state index is -5.02. The predicted octanol–water partition coefficient (Wildman–Crippen LogP) is 5.57. The van der Waals surface area contributed by atoms with Crippen molar-refractivity contribution in [3.63, 3.8) is 0 Å². The van der Waals surface area contributed by atoms with Gasteiger partial charge in [-0.2, -0.15) is 31.1 Å². The molecule has 1 aliphatic carbocycles. The zero-order valence-electron chi connectivity index (χ0n) is 19.9. The van der Waals surface area contributed by atoms with Crippen molar-refractivity contribution >= 4 is 21.1 Å². The zero-order chi connectivity index (χ0) is 27.4. The fourth-order valence-corrected chi connectivity index (χ4v) is 6.05. The van der Waals surface area contributed by atoms with E-state index >= 15 is 0 Å². The standard InChI is InChI=1S/C24H25F6N3O3S/c1-22(2,34)13-33-12-17(20(24(28,29)30)32-37(35,36)14-6-5-7-14)15-10-11-19(31-21(15)33)16-8-3-4-9-18(16)23(25,26)27/h3-4,8-12,14,20,32,34H,5-7,13H2,1-2H3. The quantitative estimate of drug-likeness (QED) is 0.378. The van der Waals surface area contributed by atoms with Gasteiger partial charge in [-0.15, -0.1) is 0 Å². The number of hydrogen-bond acceptors (Lipinski definition) is 4. The second-order valence-corrected chi connectivity index (χ2v) is 11.8. The molecule has 0 amide bonds. The average Bonchev–Trinajstić information content (AvgIpc) is 3.04. The van der Waals surface area contributed by atoms with Crippen molar-refractivity contribution in [2.24, 2.45) is 0 Å². The average molecular weight is 550 g/mol. The summed E-state index contributed by atoms with van der Waals surface area (Å²) in [6, 6.07) is 4.41. The number of pyridine rings is 1. The second-order valence-electron chi connectivity index (χ2n) is 9.83. The molecule has 1 fully saturated rings. The number of nitrogens with one attached hydrogen (secondary N) is 1. The van der Waals surface area contributed by atoms with Crippen LogP contribution >= 0.6 is 0 Å². The van der Waals surface area contributed by atoms with Crippen LogP contribution in [0, 0.1) is 0 Å². The van der Waals surface area contributed by atoms with Gasteiger partial charge in [0.25, 0.3) is 0 Å². The predicted molar refractivity (Wildman–Crippen MR) is 125 cm³/mol. The molecule has 0 bridgehead atoms. The van der Waals surface area contributed by atoms with Crippen molar-refractivity contribution < 1.29 is 39.9 Å². The lowest BCUT2D eigenvalue weighted by molar-refractivity contribution is -0.152. The van der Waals surface area contributed by atoms with Gasteiger partial charge in [0, 0.05) is 22.7 Å². The zero-order valence-corrected chi connectivity index (χ0v) is 20.7. The Balaban J connectivity index is 1.90. The van der Waals surface area contributed by atoms with Gasteiger partial charge in [-0.25, -0.2) is 13.4 Å². The van der Waals surface area contributed by atoms with Crippen LogP contribution in [0.3, 0.4) is 0 Å². The molecule has 4 rings (SSSR count). The largest absolute Gasteiger partial charge is 0.417 e. The molecule has 2 aromatic heterocycles. The van der Waals surface area contributed by atoms with Crippen LogP contribution in [-0.2, 0) is 22.7 Å². The first-order valence-corrected chi connectivity index (χ1v) is 13.0.